The molecule has 1 saturated heterocycles. The number of hydrogen-bond donors (Lipinski definition) is 1. The second-order valence-electron chi connectivity index (χ2n) is 16.6. The summed E-state index contributed by atoms with van der Waals surface area (Å²) in [5, 5.41) is 13.4. The molecule has 286 valence electrons. The Bertz CT molecular complexity index is 1650. The molecule has 9 heteroatoms. The highest BCUT2D eigenvalue weighted by atomic mass is 16.5. The van der Waals surface area contributed by atoms with Crippen LogP contribution in [0.5, 0.6) is 5.75 Å². The number of nitrogens with zero attached hydrogens (tertiary/aromatic N) is 5. The third-order valence-corrected chi connectivity index (χ3v) is 11.5. The predicted octanol–water partition coefficient (Wildman–Crippen LogP) is 9.51. The molecule has 1 N–H and O–H groups in total. The number of rotatable bonds is 20. The van der Waals surface area contributed by atoms with E-state index in [2.05, 4.69) is 77.3 Å². The Labute approximate surface area is 312 Å². The third kappa shape index (κ3) is 10.1. The fraction of sp³-hybridized carbons (Fsp3) is 0.674. The molecule has 6 rings (SSSR count). The molecule has 3 atom stereocenters. The molecule has 1 aliphatic heterocycles. The molecule has 2 aliphatic rings. The zero-order valence-corrected chi connectivity index (χ0v) is 32.9. The minimum absolute atomic E-state index is 0.192. The minimum atomic E-state index is 0.192. The van der Waals surface area contributed by atoms with Gasteiger partial charge < -0.3 is 29.0 Å². The molecule has 1 aromatic carbocycles. The monoisotopic (exact) mass is 715 g/mol. The number of ether oxygens (including phenoxy) is 3. The van der Waals surface area contributed by atoms with Gasteiger partial charge in [0, 0.05) is 44.9 Å². The number of benzene rings is 1. The molecule has 52 heavy (non-hydrogen) atoms. The molecule has 4 aromatic rings. The van der Waals surface area contributed by atoms with E-state index in [4.69, 9.17) is 24.4 Å². The number of unbranched alkanes of at least 4 members (excludes halogenated alkanes) is 8. The summed E-state index contributed by atoms with van der Waals surface area (Å²) in [6.45, 7) is 15.2. The summed E-state index contributed by atoms with van der Waals surface area (Å²) in [5.74, 6) is 2.73. The van der Waals surface area contributed by atoms with Crippen LogP contribution in [0.4, 0.5) is 5.69 Å². The summed E-state index contributed by atoms with van der Waals surface area (Å²) in [6, 6.07) is 12.8. The van der Waals surface area contributed by atoms with Crippen LogP contribution < -0.4 is 15.0 Å². The van der Waals surface area contributed by atoms with Gasteiger partial charge in [-0.1, -0.05) is 97.6 Å². The molecular weight excluding hydrogens is 649 g/mol. The quantitative estimate of drug-likeness (QED) is 0.0914. The SMILES string of the molecule is CCC1CC(OCc2ccc(OC)cc2)CC1c1nnc2c(N3CCNCC3)cc3c(ccn3COCCCCCCCCCCCC(C)(C)C)n12. The molecule has 0 spiro atoms. The minimum Gasteiger partial charge on any atom is -0.497 e. The number of fused-ring (bicyclic) bond motifs is 3. The topological polar surface area (TPSA) is 78.1 Å². The Morgan fingerprint density at radius 3 is 2.25 bits per heavy atom. The van der Waals surface area contributed by atoms with Crippen molar-refractivity contribution in [1.29, 1.82) is 0 Å². The van der Waals surface area contributed by atoms with Crippen LogP contribution in [0.2, 0.25) is 0 Å². The lowest BCUT2D eigenvalue weighted by atomic mass is 9.89. The van der Waals surface area contributed by atoms with Crippen LogP contribution >= 0.6 is 0 Å². The van der Waals surface area contributed by atoms with E-state index >= 15 is 0 Å². The summed E-state index contributed by atoms with van der Waals surface area (Å²) in [6.07, 6.45) is 18.8. The van der Waals surface area contributed by atoms with Crippen LogP contribution in [0.3, 0.4) is 0 Å². The molecule has 4 heterocycles. The van der Waals surface area contributed by atoms with E-state index in [-0.39, 0.29) is 12.0 Å². The van der Waals surface area contributed by atoms with Gasteiger partial charge in [-0.2, -0.15) is 0 Å². The van der Waals surface area contributed by atoms with Crippen LogP contribution in [0.15, 0.2) is 42.6 Å². The van der Waals surface area contributed by atoms with Gasteiger partial charge in [-0.15, -0.1) is 10.2 Å². The summed E-state index contributed by atoms with van der Waals surface area (Å²) < 4.78 is 22.8. The first kappa shape index (κ1) is 38.6. The lowest BCUT2D eigenvalue weighted by Gasteiger charge is -2.30. The van der Waals surface area contributed by atoms with Crippen molar-refractivity contribution in [3.63, 3.8) is 0 Å². The van der Waals surface area contributed by atoms with E-state index in [0.717, 1.165) is 81.2 Å². The number of anilines is 1. The summed E-state index contributed by atoms with van der Waals surface area (Å²) in [5.41, 5.74) is 6.12. The van der Waals surface area contributed by atoms with Crippen LogP contribution in [0.1, 0.15) is 128 Å². The molecule has 3 unspecified atom stereocenters. The Morgan fingerprint density at radius 1 is 0.846 bits per heavy atom. The zero-order valence-electron chi connectivity index (χ0n) is 32.9. The lowest BCUT2D eigenvalue weighted by molar-refractivity contribution is 0.0422. The fourth-order valence-corrected chi connectivity index (χ4v) is 8.38. The van der Waals surface area contributed by atoms with Crippen LogP contribution in [-0.2, 0) is 22.8 Å². The normalized spacial score (nSPS) is 19.7. The molecule has 3 aromatic heterocycles. The maximum atomic E-state index is 6.53. The molecule has 2 fully saturated rings. The van der Waals surface area contributed by atoms with Gasteiger partial charge in [0.2, 0.25) is 0 Å². The van der Waals surface area contributed by atoms with Crippen molar-refractivity contribution >= 4 is 22.4 Å². The zero-order chi connectivity index (χ0) is 36.3. The van der Waals surface area contributed by atoms with Gasteiger partial charge in [-0.3, -0.25) is 4.40 Å². The predicted molar refractivity (Wildman–Crippen MR) is 212 cm³/mol. The maximum absolute atomic E-state index is 6.53. The van der Waals surface area contributed by atoms with Crippen molar-refractivity contribution in [2.24, 2.45) is 11.3 Å². The molecule has 1 aliphatic carbocycles. The van der Waals surface area contributed by atoms with Crippen LogP contribution in [0.25, 0.3) is 16.7 Å². The molecule has 0 bridgehead atoms. The number of nitrogens with one attached hydrogen (secondary N) is 1. The highest BCUT2D eigenvalue weighted by Crippen LogP contribution is 2.44. The molecule has 0 amide bonds. The highest BCUT2D eigenvalue weighted by molar-refractivity contribution is 5.88. The first-order valence-corrected chi connectivity index (χ1v) is 20.5. The molecule has 1 saturated carbocycles. The average Bonchev–Trinajstić information content (AvgIpc) is 3.89. The highest BCUT2D eigenvalue weighted by Gasteiger charge is 2.38. The fourth-order valence-electron chi connectivity index (χ4n) is 8.38. The largest absolute Gasteiger partial charge is 0.497 e. The number of hydrogen-bond acceptors (Lipinski definition) is 7. The van der Waals surface area contributed by atoms with Crippen molar-refractivity contribution in [2.75, 3.05) is 44.8 Å². The summed E-state index contributed by atoms with van der Waals surface area (Å²) in [7, 11) is 1.70. The standard InChI is InChI=1S/C43H66N6O3/c1-6-34-28-36(52-31-33-16-18-35(50-5)19-17-33)29-37(34)41-45-46-42-40(47-25-22-44-23-26-47)30-39-38(49(41)42)20-24-48(39)32-51-27-15-13-11-9-7-8-10-12-14-21-43(2,3)4/h16-20,24,30,34,36-37,44H,6-15,21-23,25-29,31-32H2,1-5H3. The van der Waals surface area contributed by atoms with Gasteiger partial charge in [0.25, 0.3) is 0 Å². The van der Waals surface area contributed by atoms with Gasteiger partial charge in [0.1, 0.15) is 18.3 Å². The van der Waals surface area contributed by atoms with Crippen molar-refractivity contribution in [2.45, 2.75) is 137 Å². The number of piperazine rings is 1. The van der Waals surface area contributed by atoms with Crippen molar-refractivity contribution < 1.29 is 14.2 Å². The Morgan fingerprint density at radius 2 is 1.56 bits per heavy atom. The van der Waals surface area contributed by atoms with E-state index < -0.39 is 0 Å². The van der Waals surface area contributed by atoms with Crippen LogP contribution in [-0.4, -0.2) is 65.2 Å². The Balaban J connectivity index is 1.08. The van der Waals surface area contributed by atoms with E-state index in [0.29, 0.717) is 24.7 Å². The molecule has 9 nitrogen and oxygen atoms in total. The smallest absolute Gasteiger partial charge is 0.185 e. The second-order valence-corrected chi connectivity index (χ2v) is 16.6. The first-order valence-electron chi connectivity index (χ1n) is 20.5. The first-order chi connectivity index (χ1) is 25.3. The van der Waals surface area contributed by atoms with E-state index in [9.17, 15) is 0 Å². The lowest BCUT2D eigenvalue weighted by Crippen LogP contribution is -2.43. The Kier molecular flexibility index (Phi) is 13.9. The molecule has 0 radical (unpaired) electrons. The number of pyridine rings is 1. The van der Waals surface area contributed by atoms with Crippen molar-refractivity contribution in [1.82, 2.24) is 24.5 Å². The number of aromatic nitrogens is 4. The summed E-state index contributed by atoms with van der Waals surface area (Å²) >= 11 is 0. The molecular formula is C43H66N6O3. The third-order valence-electron chi connectivity index (χ3n) is 11.5. The van der Waals surface area contributed by atoms with Crippen molar-refractivity contribution in [3.8, 4) is 5.75 Å². The van der Waals surface area contributed by atoms with Gasteiger partial charge in [-0.25, -0.2) is 0 Å². The van der Waals surface area contributed by atoms with E-state index in [1.165, 1.54) is 74.6 Å². The Hall–Kier alpha value is -3.14. The average molecular weight is 715 g/mol. The number of methoxy groups -OCH3 is 1. The second kappa shape index (κ2) is 18.8. The maximum Gasteiger partial charge on any atom is 0.185 e. The van der Waals surface area contributed by atoms with Crippen molar-refractivity contribution in [3.05, 3.63) is 54.0 Å². The van der Waals surface area contributed by atoms with E-state index in [1.54, 1.807) is 7.11 Å². The van der Waals surface area contributed by atoms with E-state index in [1.807, 2.05) is 12.1 Å². The van der Waals surface area contributed by atoms with Gasteiger partial charge in [0.05, 0.1) is 36.5 Å². The van der Waals surface area contributed by atoms with Gasteiger partial charge in [0.15, 0.2) is 5.65 Å². The van der Waals surface area contributed by atoms with Gasteiger partial charge >= 0.3 is 0 Å². The van der Waals surface area contributed by atoms with Gasteiger partial charge in [-0.05, 0) is 66.8 Å². The summed E-state index contributed by atoms with van der Waals surface area (Å²) in [4.78, 5) is 2.47. The van der Waals surface area contributed by atoms with Crippen LogP contribution in [0, 0.1) is 11.3 Å².